The van der Waals surface area contributed by atoms with Crippen molar-refractivity contribution < 1.29 is 13.2 Å². The normalized spacial score (nSPS) is 18.3. The molecule has 0 aliphatic heterocycles. The standard InChI is InChI=1S/C11H11F3IN/c1-16-9-3-2-7(15)6-8(9)10(4-5-10)11(12,13)14/h2-3,6,16H,4-5H2,1H3. The van der Waals surface area contributed by atoms with Crippen LogP contribution in [0.5, 0.6) is 0 Å². The van der Waals surface area contributed by atoms with Crippen LogP contribution in [0.2, 0.25) is 0 Å². The van der Waals surface area contributed by atoms with E-state index in [0.717, 1.165) is 3.57 Å². The Morgan fingerprint density at radius 2 is 1.94 bits per heavy atom. The van der Waals surface area contributed by atoms with Crippen LogP contribution in [0.3, 0.4) is 0 Å². The van der Waals surface area contributed by atoms with E-state index in [0.29, 0.717) is 11.3 Å². The summed E-state index contributed by atoms with van der Waals surface area (Å²) in [4.78, 5) is 0. The van der Waals surface area contributed by atoms with Crippen LogP contribution in [-0.2, 0) is 5.41 Å². The molecule has 0 radical (unpaired) electrons. The van der Waals surface area contributed by atoms with Gasteiger partial charge >= 0.3 is 6.18 Å². The van der Waals surface area contributed by atoms with Crippen LogP contribution in [0.25, 0.3) is 0 Å². The second-order valence-corrected chi connectivity index (χ2v) is 5.27. The third-order valence-electron chi connectivity index (χ3n) is 3.06. The summed E-state index contributed by atoms with van der Waals surface area (Å²) in [5.74, 6) is 0. The molecule has 5 heteroatoms. The number of nitrogens with one attached hydrogen (secondary N) is 1. The maximum absolute atomic E-state index is 13.0. The molecule has 1 aliphatic carbocycles. The van der Waals surface area contributed by atoms with Crippen molar-refractivity contribution in [3.05, 3.63) is 27.3 Å². The lowest BCUT2D eigenvalue weighted by atomic mass is 9.93. The molecule has 0 bridgehead atoms. The van der Waals surface area contributed by atoms with Gasteiger partial charge in [0.05, 0.1) is 5.41 Å². The monoisotopic (exact) mass is 341 g/mol. The maximum atomic E-state index is 13.0. The van der Waals surface area contributed by atoms with Crippen molar-refractivity contribution in [2.24, 2.45) is 0 Å². The Labute approximate surface area is 106 Å². The van der Waals surface area contributed by atoms with Crippen LogP contribution in [0, 0.1) is 3.57 Å². The van der Waals surface area contributed by atoms with Crippen LogP contribution in [-0.4, -0.2) is 13.2 Å². The molecule has 0 aromatic heterocycles. The fraction of sp³-hybridized carbons (Fsp3) is 0.455. The molecule has 1 aromatic carbocycles. The third kappa shape index (κ3) is 1.78. The molecule has 0 heterocycles. The zero-order valence-electron chi connectivity index (χ0n) is 8.66. The Morgan fingerprint density at radius 3 is 2.38 bits per heavy atom. The number of hydrogen-bond donors (Lipinski definition) is 1. The SMILES string of the molecule is CNc1ccc(I)cc1C1(C(F)(F)F)CC1. The Morgan fingerprint density at radius 1 is 1.31 bits per heavy atom. The van der Waals surface area contributed by atoms with Crippen molar-refractivity contribution in [2.75, 3.05) is 12.4 Å². The van der Waals surface area contributed by atoms with E-state index in [9.17, 15) is 13.2 Å². The first-order valence-electron chi connectivity index (χ1n) is 4.95. The summed E-state index contributed by atoms with van der Waals surface area (Å²) in [6.07, 6.45) is -3.75. The number of alkyl halides is 3. The van der Waals surface area contributed by atoms with Crippen molar-refractivity contribution in [1.82, 2.24) is 0 Å². The van der Waals surface area contributed by atoms with Gasteiger partial charge in [-0.25, -0.2) is 0 Å². The second-order valence-electron chi connectivity index (χ2n) is 4.02. The second kappa shape index (κ2) is 3.78. The molecular formula is C11H11F3IN. The predicted octanol–water partition coefficient (Wildman–Crippen LogP) is 3.93. The van der Waals surface area contributed by atoms with Gasteiger partial charge in [0.2, 0.25) is 0 Å². The molecular weight excluding hydrogens is 330 g/mol. The molecule has 0 amide bonds. The zero-order chi connectivity index (χ0) is 12.0. The summed E-state index contributed by atoms with van der Waals surface area (Å²) in [5, 5.41) is 2.84. The van der Waals surface area contributed by atoms with Gasteiger partial charge in [-0.05, 0) is 59.2 Å². The number of benzene rings is 1. The van der Waals surface area contributed by atoms with Gasteiger partial charge in [0, 0.05) is 16.3 Å². The van der Waals surface area contributed by atoms with Gasteiger partial charge in [0.15, 0.2) is 0 Å². The summed E-state index contributed by atoms with van der Waals surface area (Å²) in [5.41, 5.74) is -0.642. The Hall–Kier alpha value is -0.460. The Balaban J connectivity index is 2.51. The summed E-state index contributed by atoms with van der Waals surface area (Å²) in [6, 6.07) is 5.15. The smallest absolute Gasteiger partial charge is 0.388 e. The van der Waals surface area contributed by atoms with Gasteiger partial charge in [0.25, 0.3) is 0 Å². The van der Waals surface area contributed by atoms with Gasteiger partial charge < -0.3 is 5.32 Å². The molecule has 2 rings (SSSR count). The van der Waals surface area contributed by atoms with Crippen molar-refractivity contribution in [2.45, 2.75) is 24.4 Å². The third-order valence-corrected chi connectivity index (χ3v) is 3.73. The van der Waals surface area contributed by atoms with Gasteiger partial charge in [-0.3, -0.25) is 0 Å². The molecule has 1 nitrogen and oxygen atoms in total. The van der Waals surface area contributed by atoms with E-state index in [2.05, 4.69) is 5.32 Å². The average molecular weight is 341 g/mol. The van der Waals surface area contributed by atoms with Crippen molar-refractivity contribution in [3.63, 3.8) is 0 Å². The molecule has 0 atom stereocenters. The van der Waals surface area contributed by atoms with Crippen LogP contribution >= 0.6 is 22.6 Å². The average Bonchev–Trinajstić information content (AvgIpc) is 2.97. The van der Waals surface area contributed by atoms with E-state index in [1.807, 2.05) is 28.7 Å². The quantitative estimate of drug-likeness (QED) is 0.804. The van der Waals surface area contributed by atoms with Gasteiger partial charge in [-0.1, -0.05) is 0 Å². The predicted molar refractivity (Wildman–Crippen MR) is 65.7 cm³/mol. The van der Waals surface area contributed by atoms with Crippen molar-refractivity contribution in [1.29, 1.82) is 0 Å². The molecule has 16 heavy (non-hydrogen) atoms. The molecule has 0 spiro atoms. The highest BCUT2D eigenvalue weighted by Crippen LogP contribution is 2.60. The Bertz CT molecular complexity index is 410. The maximum Gasteiger partial charge on any atom is 0.398 e. The van der Waals surface area contributed by atoms with E-state index >= 15 is 0 Å². The highest BCUT2D eigenvalue weighted by atomic mass is 127. The molecule has 0 unspecified atom stereocenters. The number of rotatable bonds is 2. The summed E-state index contributed by atoms with van der Waals surface area (Å²) >= 11 is 2.04. The largest absolute Gasteiger partial charge is 0.398 e. The number of anilines is 1. The van der Waals surface area contributed by atoms with Crippen LogP contribution in [0.15, 0.2) is 18.2 Å². The zero-order valence-corrected chi connectivity index (χ0v) is 10.8. The number of hydrogen-bond acceptors (Lipinski definition) is 1. The van der Waals surface area contributed by atoms with Crippen molar-refractivity contribution >= 4 is 28.3 Å². The molecule has 1 fully saturated rings. The first-order chi connectivity index (χ1) is 7.40. The lowest BCUT2D eigenvalue weighted by Crippen LogP contribution is -2.29. The first-order valence-corrected chi connectivity index (χ1v) is 6.03. The summed E-state index contributed by atoms with van der Waals surface area (Å²) in [6.45, 7) is 0. The molecule has 1 aromatic rings. The van der Waals surface area contributed by atoms with E-state index in [4.69, 9.17) is 0 Å². The lowest BCUT2D eigenvalue weighted by Gasteiger charge is -2.22. The molecule has 1 aliphatic rings. The number of halogens is 4. The van der Waals surface area contributed by atoms with Crippen LogP contribution < -0.4 is 5.32 Å². The van der Waals surface area contributed by atoms with Gasteiger partial charge in [-0.15, -0.1) is 0 Å². The minimum absolute atomic E-state index is 0.200. The van der Waals surface area contributed by atoms with E-state index in [-0.39, 0.29) is 12.8 Å². The molecule has 0 saturated heterocycles. The van der Waals surface area contributed by atoms with Crippen LogP contribution in [0.1, 0.15) is 18.4 Å². The first kappa shape index (κ1) is 12.0. The molecule has 88 valence electrons. The molecule has 1 saturated carbocycles. The fourth-order valence-electron chi connectivity index (χ4n) is 1.96. The summed E-state index contributed by atoms with van der Waals surface area (Å²) in [7, 11) is 1.65. The highest BCUT2D eigenvalue weighted by molar-refractivity contribution is 14.1. The van der Waals surface area contributed by atoms with Crippen molar-refractivity contribution in [3.8, 4) is 0 Å². The van der Waals surface area contributed by atoms with E-state index in [1.165, 1.54) is 0 Å². The molecule has 1 N–H and O–H groups in total. The minimum atomic E-state index is -4.15. The van der Waals surface area contributed by atoms with E-state index < -0.39 is 11.6 Å². The topological polar surface area (TPSA) is 12.0 Å². The Kier molecular flexibility index (Phi) is 2.84. The van der Waals surface area contributed by atoms with Gasteiger partial charge in [-0.2, -0.15) is 13.2 Å². The van der Waals surface area contributed by atoms with Gasteiger partial charge in [0.1, 0.15) is 0 Å². The highest BCUT2D eigenvalue weighted by Gasteiger charge is 2.64. The fourth-order valence-corrected chi connectivity index (χ4v) is 2.45. The lowest BCUT2D eigenvalue weighted by molar-refractivity contribution is -0.160. The van der Waals surface area contributed by atoms with Crippen LogP contribution in [0.4, 0.5) is 18.9 Å². The summed E-state index contributed by atoms with van der Waals surface area (Å²) < 4.78 is 39.8. The minimum Gasteiger partial charge on any atom is -0.388 e. The van der Waals surface area contributed by atoms with E-state index in [1.54, 1.807) is 19.2 Å².